The Bertz CT molecular complexity index is 1180. The summed E-state index contributed by atoms with van der Waals surface area (Å²) in [5.41, 5.74) is 5.17. The van der Waals surface area contributed by atoms with Crippen LogP contribution >= 0.6 is 0 Å². The van der Waals surface area contributed by atoms with E-state index >= 15 is 0 Å². The molecule has 0 radical (unpaired) electrons. The van der Waals surface area contributed by atoms with E-state index in [2.05, 4.69) is 48.7 Å². The number of alkyl halides is 3. The molecule has 0 aromatic heterocycles. The predicted molar refractivity (Wildman–Crippen MR) is 127 cm³/mol. The molecule has 0 spiro atoms. The number of carboxylic acid groups (broad SMARTS) is 1. The van der Waals surface area contributed by atoms with Crippen LogP contribution in [0, 0.1) is 11.3 Å². The lowest BCUT2D eigenvalue weighted by atomic mass is 10.0. The maximum atomic E-state index is 12.4. The van der Waals surface area contributed by atoms with Gasteiger partial charge >= 0.3 is 12.1 Å². The van der Waals surface area contributed by atoms with Gasteiger partial charge in [-0.05, 0) is 53.1 Å². The Morgan fingerprint density at radius 1 is 0.971 bits per heavy atom. The zero-order valence-electron chi connectivity index (χ0n) is 19.1. The summed E-state index contributed by atoms with van der Waals surface area (Å²) in [6.45, 7) is 5.11. The van der Waals surface area contributed by atoms with Crippen molar-refractivity contribution in [2.24, 2.45) is 0 Å². The number of nitriles is 1. The van der Waals surface area contributed by atoms with E-state index in [1.54, 1.807) is 24.3 Å². The highest BCUT2D eigenvalue weighted by Gasteiger charge is 2.38. The quantitative estimate of drug-likeness (QED) is 0.423. The van der Waals surface area contributed by atoms with Crippen molar-refractivity contribution >= 4 is 17.6 Å². The van der Waals surface area contributed by atoms with E-state index in [0.717, 1.165) is 23.4 Å². The van der Waals surface area contributed by atoms with Crippen LogP contribution in [-0.2, 0) is 11.3 Å². The molecule has 1 amide bonds. The van der Waals surface area contributed by atoms with Crippen molar-refractivity contribution < 1.29 is 27.9 Å². The molecule has 0 aliphatic heterocycles. The number of aliphatic carboxylic acids is 1. The summed E-state index contributed by atoms with van der Waals surface area (Å²) in [4.78, 5) is 21.3. The van der Waals surface area contributed by atoms with Crippen molar-refractivity contribution in [2.45, 2.75) is 32.6 Å². The van der Waals surface area contributed by atoms with E-state index in [9.17, 15) is 18.0 Å². The van der Waals surface area contributed by atoms with Gasteiger partial charge in [0.15, 0.2) is 0 Å². The molecule has 0 saturated heterocycles. The molecule has 0 unspecified atom stereocenters. The molecule has 0 aliphatic rings. The summed E-state index contributed by atoms with van der Waals surface area (Å²) >= 11 is 0. The van der Waals surface area contributed by atoms with E-state index < -0.39 is 12.1 Å². The maximum Gasteiger partial charge on any atom is 0.490 e. The third kappa shape index (κ3) is 8.95. The fourth-order valence-electron chi connectivity index (χ4n) is 2.81. The minimum atomic E-state index is -5.08. The van der Waals surface area contributed by atoms with Gasteiger partial charge in [-0.25, -0.2) is 4.79 Å². The third-order valence-corrected chi connectivity index (χ3v) is 4.64. The van der Waals surface area contributed by atoms with Crippen LogP contribution < -0.4 is 10.6 Å². The molecule has 3 N–H and O–H groups in total. The number of nitrogens with zero attached hydrogens (tertiary/aromatic N) is 1. The van der Waals surface area contributed by atoms with Crippen LogP contribution in [0.15, 0.2) is 72.8 Å². The molecular weight excluding hydrogens is 459 g/mol. The minimum absolute atomic E-state index is 0.197. The molecule has 3 aromatic carbocycles. The molecule has 35 heavy (non-hydrogen) atoms. The molecule has 0 aliphatic carbocycles. The van der Waals surface area contributed by atoms with Gasteiger partial charge in [0.25, 0.3) is 5.91 Å². The number of halogens is 3. The molecule has 0 fully saturated rings. The standard InChI is InChI=1S/C24H23N3O.C2HF3O2/c1-17(2)26-16-19-8-10-20(11-9-19)22-4-3-5-23(14-22)27-24(28)21-12-6-18(15-25)7-13-21;3-2(4,5)1(6)7/h3-14,17,26H,16H2,1-2H3,(H,27,28);(H,6,7). The van der Waals surface area contributed by atoms with Crippen LogP contribution in [-0.4, -0.2) is 29.2 Å². The number of hydrogen-bond acceptors (Lipinski definition) is 4. The van der Waals surface area contributed by atoms with Crippen LogP contribution in [0.4, 0.5) is 18.9 Å². The number of carbonyl (C=O) groups is 2. The Hall–Kier alpha value is -4.16. The third-order valence-electron chi connectivity index (χ3n) is 4.64. The van der Waals surface area contributed by atoms with Gasteiger partial charge in [-0.1, -0.05) is 50.2 Å². The molecule has 0 heterocycles. The first kappa shape index (κ1) is 27.1. The van der Waals surface area contributed by atoms with E-state index in [4.69, 9.17) is 15.2 Å². The van der Waals surface area contributed by atoms with Gasteiger partial charge in [0.2, 0.25) is 0 Å². The van der Waals surface area contributed by atoms with Crippen molar-refractivity contribution in [2.75, 3.05) is 5.32 Å². The Kier molecular flexibility index (Phi) is 9.55. The lowest BCUT2D eigenvalue weighted by Gasteiger charge is -2.10. The second-order valence-electron chi connectivity index (χ2n) is 7.76. The predicted octanol–water partition coefficient (Wildman–Crippen LogP) is 5.61. The Morgan fingerprint density at radius 3 is 2.09 bits per heavy atom. The van der Waals surface area contributed by atoms with Gasteiger partial charge in [-0.3, -0.25) is 4.79 Å². The molecule has 0 atom stereocenters. The van der Waals surface area contributed by atoms with Crippen LogP contribution in [0.1, 0.15) is 35.3 Å². The van der Waals surface area contributed by atoms with E-state index in [-0.39, 0.29) is 5.91 Å². The number of amides is 1. The fourth-order valence-corrected chi connectivity index (χ4v) is 2.81. The summed E-state index contributed by atoms with van der Waals surface area (Å²) in [6, 6.07) is 25.3. The Labute approximate surface area is 201 Å². The molecule has 6 nitrogen and oxygen atoms in total. The number of carboxylic acids is 1. The van der Waals surface area contributed by atoms with E-state index in [0.29, 0.717) is 17.2 Å². The number of benzene rings is 3. The topological polar surface area (TPSA) is 102 Å². The van der Waals surface area contributed by atoms with Gasteiger partial charge < -0.3 is 15.7 Å². The van der Waals surface area contributed by atoms with Crippen molar-refractivity contribution in [1.82, 2.24) is 5.32 Å². The number of rotatable bonds is 6. The average molecular weight is 483 g/mol. The zero-order valence-corrected chi connectivity index (χ0v) is 19.1. The van der Waals surface area contributed by atoms with Gasteiger partial charge in [0.05, 0.1) is 11.6 Å². The number of nitrogens with one attached hydrogen (secondary N) is 2. The van der Waals surface area contributed by atoms with Crippen molar-refractivity contribution in [1.29, 1.82) is 5.26 Å². The lowest BCUT2D eigenvalue weighted by molar-refractivity contribution is -0.192. The van der Waals surface area contributed by atoms with Crippen LogP contribution in [0.5, 0.6) is 0 Å². The van der Waals surface area contributed by atoms with E-state index in [1.165, 1.54) is 5.56 Å². The van der Waals surface area contributed by atoms with E-state index in [1.807, 2.05) is 30.3 Å². The highest BCUT2D eigenvalue weighted by atomic mass is 19.4. The molecule has 0 bridgehead atoms. The maximum absolute atomic E-state index is 12.4. The van der Waals surface area contributed by atoms with Gasteiger partial charge in [-0.15, -0.1) is 0 Å². The van der Waals surface area contributed by atoms with Crippen LogP contribution in [0.25, 0.3) is 11.1 Å². The zero-order chi connectivity index (χ0) is 26.0. The monoisotopic (exact) mass is 483 g/mol. The second kappa shape index (κ2) is 12.3. The van der Waals surface area contributed by atoms with Gasteiger partial charge in [0, 0.05) is 23.8 Å². The largest absolute Gasteiger partial charge is 0.490 e. The molecular formula is C26H24F3N3O3. The number of hydrogen-bond donors (Lipinski definition) is 3. The van der Waals surface area contributed by atoms with Crippen LogP contribution in [0.3, 0.4) is 0 Å². The Balaban J connectivity index is 0.000000540. The molecule has 9 heteroatoms. The summed E-state index contributed by atoms with van der Waals surface area (Å²) in [7, 11) is 0. The highest BCUT2D eigenvalue weighted by molar-refractivity contribution is 6.04. The summed E-state index contributed by atoms with van der Waals surface area (Å²) in [5.74, 6) is -2.95. The first-order valence-corrected chi connectivity index (χ1v) is 10.5. The first-order valence-electron chi connectivity index (χ1n) is 10.5. The Morgan fingerprint density at radius 2 is 1.57 bits per heavy atom. The SMILES string of the molecule is CC(C)NCc1ccc(-c2cccc(NC(=O)c3ccc(C#N)cc3)c2)cc1.O=C(O)C(F)(F)F. The molecule has 3 aromatic rings. The van der Waals surface area contributed by atoms with Crippen LogP contribution in [0.2, 0.25) is 0 Å². The highest BCUT2D eigenvalue weighted by Crippen LogP contribution is 2.23. The second-order valence-corrected chi connectivity index (χ2v) is 7.76. The fraction of sp³-hybridized carbons (Fsp3) is 0.192. The molecule has 0 saturated carbocycles. The smallest absolute Gasteiger partial charge is 0.475 e. The van der Waals surface area contributed by atoms with Crippen molar-refractivity contribution in [3.05, 3.63) is 89.5 Å². The van der Waals surface area contributed by atoms with Gasteiger partial charge in [-0.2, -0.15) is 18.4 Å². The normalized spacial score (nSPS) is 10.7. The molecule has 182 valence electrons. The van der Waals surface area contributed by atoms with Crippen molar-refractivity contribution in [3.63, 3.8) is 0 Å². The lowest BCUT2D eigenvalue weighted by Crippen LogP contribution is -2.21. The number of anilines is 1. The summed E-state index contributed by atoms with van der Waals surface area (Å²) in [6.07, 6.45) is -5.08. The first-order chi connectivity index (χ1) is 16.5. The molecule has 3 rings (SSSR count). The summed E-state index contributed by atoms with van der Waals surface area (Å²) < 4.78 is 31.7. The summed E-state index contributed by atoms with van der Waals surface area (Å²) in [5, 5.41) is 22.3. The number of carbonyl (C=O) groups excluding carboxylic acids is 1. The average Bonchev–Trinajstić information content (AvgIpc) is 2.83. The minimum Gasteiger partial charge on any atom is -0.475 e. The van der Waals surface area contributed by atoms with Crippen molar-refractivity contribution in [3.8, 4) is 17.2 Å². The van der Waals surface area contributed by atoms with Gasteiger partial charge in [0.1, 0.15) is 0 Å².